The van der Waals surface area contributed by atoms with Crippen molar-refractivity contribution < 1.29 is 17.9 Å². The van der Waals surface area contributed by atoms with Gasteiger partial charge in [-0.05, 0) is 36.2 Å². The van der Waals surface area contributed by atoms with Gasteiger partial charge >= 0.3 is 6.36 Å². The lowest BCUT2D eigenvalue weighted by atomic mass is 10.1. The summed E-state index contributed by atoms with van der Waals surface area (Å²) < 4.78 is 43.3. The van der Waals surface area contributed by atoms with E-state index in [2.05, 4.69) is 9.72 Å². The summed E-state index contributed by atoms with van der Waals surface area (Å²) in [6.07, 6.45) is -1.43. The van der Waals surface area contributed by atoms with Crippen molar-refractivity contribution in [1.82, 2.24) is 14.1 Å². The summed E-state index contributed by atoms with van der Waals surface area (Å²) >= 11 is 0. The largest absolute Gasteiger partial charge is 0.522 e. The van der Waals surface area contributed by atoms with Gasteiger partial charge in [0.25, 0.3) is 5.56 Å². The zero-order chi connectivity index (χ0) is 18.2. The van der Waals surface area contributed by atoms with Crippen LogP contribution < -0.4 is 5.56 Å². The standard InChI is InChI=1S/C17H16F3N3O2/c1-11-7-13(9-22(2)16(11)24)12-3-4-14-15(8-12)23(10-21-14)5-6-25-17(18,19)20/h3-4,7-10H,5-6H2,1-2H3. The van der Waals surface area contributed by atoms with E-state index in [4.69, 9.17) is 0 Å². The van der Waals surface area contributed by atoms with Gasteiger partial charge in [0.15, 0.2) is 0 Å². The molecule has 25 heavy (non-hydrogen) atoms. The van der Waals surface area contributed by atoms with Crippen LogP contribution in [0.3, 0.4) is 0 Å². The van der Waals surface area contributed by atoms with Crippen LogP contribution in [0.5, 0.6) is 0 Å². The topological polar surface area (TPSA) is 49.0 Å². The Labute approximate surface area is 141 Å². The number of hydrogen-bond acceptors (Lipinski definition) is 3. The number of aromatic nitrogens is 3. The fraction of sp³-hybridized carbons (Fsp3) is 0.294. The molecule has 3 aromatic rings. The molecule has 0 bridgehead atoms. The Kier molecular flexibility index (Phi) is 4.38. The number of alkyl halides is 3. The van der Waals surface area contributed by atoms with Crippen molar-refractivity contribution in [2.24, 2.45) is 7.05 Å². The Hall–Kier alpha value is -2.61. The quantitative estimate of drug-likeness (QED) is 0.725. The minimum atomic E-state index is -4.64. The summed E-state index contributed by atoms with van der Waals surface area (Å²) in [5.74, 6) is 0. The third kappa shape index (κ3) is 3.74. The molecular weight excluding hydrogens is 335 g/mol. The number of halogens is 3. The molecule has 0 unspecified atom stereocenters. The second kappa shape index (κ2) is 6.36. The predicted molar refractivity (Wildman–Crippen MR) is 87.2 cm³/mol. The van der Waals surface area contributed by atoms with Gasteiger partial charge in [-0.1, -0.05) is 6.07 Å². The summed E-state index contributed by atoms with van der Waals surface area (Å²) in [5.41, 5.74) is 3.63. The zero-order valence-corrected chi connectivity index (χ0v) is 13.7. The van der Waals surface area contributed by atoms with E-state index in [1.807, 2.05) is 12.1 Å². The van der Waals surface area contributed by atoms with Crippen LogP contribution in [-0.4, -0.2) is 27.1 Å². The maximum atomic E-state index is 12.1. The number of pyridine rings is 1. The zero-order valence-electron chi connectivity index (χ0n) is 13.7. The number of imidazole rings is 1. The molecule has 1 aromatic carbocycles. The summed E-state index contributed by atoms with van der Waals surface area (Å²) in [6, 6.07) is 7.30. The third-order valence-corrected chi connectivity index (χ3v) is 3.91. The minimum Gasteiger partial charge on any atom is -0.328 e. The number of nitrogens with zero attached hydrogens (tertiary/aromatic N) is 3. The molecule has 0 atom stereocenters. The molecule has 3 rings (SSSR count). The number of ether oxygens (including phenoxy) is 1. The van der Waals surface area contributed by atoms with Gasteiger partial charge in [-0.25, -0.2) is 4.98 Å². The van der Waals surface area contributed by atoms with Crippen molar-refractivity contribution >= 4 is 11.0 Å². The van der Waals surface area contributed by atoms with Gasteiger partial charge in [0.05, 0.1) is 24.0 Å². The molecule has 8 heteroatoms. The Balaban J connectivity index is 1.94. The molecule has 0 amide bonds. The van der Waals surface area contributed by atoms with Crippen molar-refractivity contribution in [3.8, 4) is 11.1 Å². The van der Waals surface area contributed by atoms with Crippen molar-refractivity contribution in [1.29, 1.82) is 0 Å². The van der Waals surface area contributed by atoms with E-state index >= 15 is 0 Å². The molecule has 0 saturated heterocycles. The summed E-state index contributed by atoms with van der Waals surface area (Å²) in [4.78, 5) is 16.0. The van der Waals surface area contributed by atoms with Crippen LogP contribution in [0.4, 0.5) is 13.2 Å². The van der Waals surface area contributed by atoms with Crippen LogP contribution in [0.15, 0.2) is 41.6 Å². The van der Waals surface area contributed by atoms with E-state index in [0.29, 0.717) is 16.6 Å². The lowest BCUT2D eigenvalue weighted by Crippen LogP contribution is -2.18. The molecule has 2 aromatic heterocycles. The summed E-state index contributed by atoms with van der Waals surface area (Å²) in [5, 5.41) is 0. The second-order valence-corrected chi connectivity index (χ2v) is 5.76. The lowest BCUT2D eigenvalue weighted by molar-refractivity contribution is -0.325. The first kappa shape index (κ1) is 17.2. The maximum Gasteiger partial charge on any atom is 0.522 e. The molecule has 0 N–H and O–H groups in total. The van der Waals surface area contributed by atoms with Crippen LogP contribution in [0, 0.1) is 6.92 Å². The first-order valence-electron chi connectivity index (χ1n) is 7.58. The molecule has 2 heterocycles. The van der Waals surface area contributed by atoms with Gasteiger partial charge in [0.2, 0.25) is 0 Å². The Bertz CT molecular complexity index is 947. The molecule has 5 nitrogen and oxygen atoms in total. The highest BCUT2D eigenvalue weighted by Gasteiger charge is 2.28. The number of fused-ring (bicyclic) bond motifs is 1. The number of rotatable bonds is 4. The monoisotopic (exact) mass is 351 g/mol. The highest BCUT2D eigenvalue weighted by molar-refractivity contribution is 5.82. The molecule has 132 valence electrons. The van der Waals surface area contributed by atoms with Gasteiger partial charge in [0, 0.05) is 25.4 Å². The molecule has 0 saturated carbocycles. The number of aryl methyl sites for hydroxylation is 2. The normalized spacial score (nSPS) is 12.0. The smallest absolute Gasteiger partial charge is 0.328 e. The van der Waals surface area contributed by atoms with Gasteiger partial charge in [-0.15, -0.1) is 13.2 Å². The van der Waals surface area contributed by atoms with Crippen molar-refractivity contribution in [3.63, 3.8) is 0 Å². The number of hydrogen-bond donors (Lipinski definition) is 0. The van der Waals surface area contributed by atoms with E-state index in [-0.39, 0.29) is 12.1 Å². The van der Waals surface area contributed by atoms with Gasteiger partial charge in [-0.2, -0.15) is 0 Å². The fourth-order valence-corrected chi connectivity index (χ4v) is 2.71. The SMILES string of the molecule is Cc1cc(-c2ccc3ncn(CCOC(F)(F)F)c3c2)cn(C)c1=O. The molecule has 0 fully saturated rings. The fourth-order valence-electron chi connectivity index (χ4n) is 2.71. The molecule has 0 aliphatic heterocycles. The molecule has 0 aliphatic carbocycles. The second-order valence-electron chi connectivity index (χ2n) is 5.76. The van der Waals surface area contributed by atoms with Crippen LogP contribution >= 0.6 is 0 Å². The average molecular weight is 351 g/mol. The highest BCUT2D eigenvalue weighted by Crippen LogP contribution is 2.24. The Morgan fingerprint density at radius 1 is 1.20 bits per heavy atom. The average Bonchev–Trinajstić information content (AvgIpc) is 2.93. The van der Waals surface area contributed by atoms with Crippen LogP contribution in [-0.2, 0) is 18.3 Å². The van der Waals surface area contributed by atoms with E-state index in [1.54, 1.807) is 36.9 Å². The van der Waals surface area contributed by atoms with Gasteiger partial charge in [-0.3, -0.25) is 9.53 Å². The van der Waals surface area contributed by atoms with Crippen molar-refractivity contribution in [2.45, 2.75) is 19.8 Å². The predicted octanol–water partition coefficient (Wildman–Crippen LogP) is 3.25. The van der Waals surface area contributed by atoms with E-state index < -0.39 is 13.0 Å². The lowest BCUT2D eigenvalue weighted by Gasteiger charge is -2.10. The highest BCUT2D eigenvalue weighted by atomic mass is 19.4. The first-order chi connectivity index (χ1) is 11.7. The van der Waals surface area contributed by atoms with E-state index in [1.165, 1.54) is 10.9 Å². The van der Waals surface area contributed by atoms with Crippen LogP contribution in [0.2, 0.25) is 0 Å². The summed E-state index contributed by atoms with van der Waals surface area (Å²) in [7, 11) is 1.68. The molecule has 0 spiro atoms. The molecule has 0 radical (unpaired) electrons. The van der Waals surface area contributed by atoms with Gasteiger partial charge in [0.1, 0.15) is 0 Å². The Morgan fingerprint density at radius 2 is 1.96 bits per heavy atom. The number of benzene rings is 1. The van der Waals surface area contributed by atoms with Crippen LogP contribution in [0.1, 0.15) is 5.56 Å². The van der Waals surface area contributed by atoms with Crippen LogP contribution in [0.25, 0.3) is 22.2 Å². The van der Waals surface area contributed by atoms with Crippen molar-refractivity contribution in [3.05, 3.63) is 52.7 Å². The third-order valence-electron chi connectivity index (χ3n) is 3.91. The van der Waals surface area contributed by atoms with Gasteiger partial charge < -0.3 is 9.13 Å². The van der Waals surface area contributed by atoms with E-state index in [9.17, 15) is 18.0 Å². The Morgan fingerprint density at radius 3 is 2.64 bits per heavy atom. The molecule has 0 aliphatic rings. The maximum absolute atomic E-state index is 12.1. The minimum absolute atomic E-state index is 0.0335. The molecular formula is C17H16F3N3O2. The first-order valence-corrected chi connectivity index (χ1v) is 7.58. The van der Waals surface area contributed by atoms with E-state index in [0.717, 1.165) is 11.1 Å². The van der Waals surface area contributed by atoms with Crippen molar-refractivity contribution in [2.75, 3.05) is 6.61 Å². The summed E-state index contributed by atoms with van der Waals surface area (Å²) in [6.45, 7) is 1.28.